The molecule has 0 aliphatic carbocycles. The van der Waals surface area contributed by atoms with Gasteiger partial charge in [-0.2, -0.15) is 8.42 Å². The van der Waals surface area contributed by atoms with E-state index in [4.69, 9.17) is 32.1 Å². The normalized spacial score (nSPS) is 11.6. The van der Waals surface area contributed by atoms with Crippen molar-refractivity contribution < 1.29 is 17.3 Å². The van der Waals surface area contributed by atoms with Gasteiger partial charge in [0.15, 0.2) is 5.75 Å². The van der Waals surface area contributed by atoms with Gasteiger partial charge in [-0.1, -0.05) is 47.0 Å². The number of aryl methyl sites for hydroxylation is 1. The van der Waals surface area contributed by atoms with Gasteiger partial charge in [0.2, 0.25) is 5.75 Å². The summed E-state index contributed by atoms with van der Waals surface area (Å²) in [5.41, 5.74) is 3.11. The van der Waals surface area contributed by atoms with Crippen molar-refractivity contribution in [3.63, 3.8) is 0 Å². The van der Waals surface area contributed by atoms with Crippen LogP contribution in [0.1, 0.15) is 23.6 Å². The molecule has 0 heterocycles. The van der Waals surface area contributed by atoms with Gasteiger partial charge in [-0.3, -0.25) is 4.99 Å². The molecule has 0 aliphatic heterocycles. The van der Waals surface area contributed by atoms with Crippen LogP contribution in [-0.4, -0.2) is 21.2 Å². The van der Waals surface area contributed by atoms with E-state index in [2.05, 4.69) is 4.99 Å². The summed E-state index contributed by atoms with van der Waals surface area (Å²) in [6, 6.07) is 15.0. The third-order valence-corrected chi connectivity index (χ3v) is 6.35. The molecule has 3 aromatic carbocycles. The van der Waals surface area contributed by atoms with Gasteiger partial charge < -0.3 is 8.92 Å². The average molecular weight is 478 g/mol. The fourth-order valence-electron chi connectivity index (χ4n) is 2.75. The Labute approximate surface area is 192 Å². The van der Waals surface area contributed by atoms with Crippen LogP contribution in [0.3, 0.4) is 0 Å². The van der Waals surface area contributed by atoms with Gasteiger partial charge in [-0.25, -0.2) is 0 Å². The zero-order valence-corrected chi connectivity index (χ0v) is 19.6. The topological polar surface area (TPSA) is 65.0 Å². The first kappa shape index (κ1) is 23.1. The monoisotopic (exact) mass is 477 g/mol. The molecular formula is C23H21Cl2NO4S. The van der Waals surface area contributed by atoms with Gasteiger partial charge in [0.05, 0.1) is 17.3 Å². The third kappa shape index (κ3) is 5.58. The summed E-state index contributed by atoms with van der Waals surface area (Å²) in [6.07, 6.45) is 1.60. The lowest BCUT2D eigenvalue weighted by molar-refractivity contribution is 0.327. The van der Waals surface area contributed by atoms with Crippen LogP contribution in [-0.2, 0) is 10.1 Å². The van der Waals surface area contributed by atoms with E-state index >= 15 is 0 Å². The second-order valence-corrected chi connectivity index (χ2v) is 9.12. The summed E-state index contributed by atoms with van der Waals surface area (Å²) in [4.78, 5) is 4.48. The van der Waals surface area contributed by atoms with Crippen molar-refractivity contribution in [1.82, 2.24) is 0 Å². The molecule has 0 N–H and O–H groups in total. The molecule has 31 heavy (non-hydrogen) atoms. The van der Waals surface area contributed by atoms with E-state index in [-0.39, 0.29) is 21.4 Å². The molecule has 0 bridgehead atoms. The molecule has 0 saturated carbocycles. The van der Waals surface area contributed by atoms with Crippen LogP contribution < -0.4 is 8.92 Å². The Morgan fingerprint density at radius 2 is 1.71 bits per heavy atom. The van der Waals surface area contributed by atoms with Crippen LogP contribution in [0.2, 0.25) is 10.0 Å². The van der Waals surface area contributed by atoms with Crippen molar-refractivity contribution in [1.29, 1.82) is 0 Å². The van der Waals surface area contributed by atoms with E-state index in [1.165, 1.54) is 12.1 Å². The fraction of sp³-hybridized carbons (Fsp3) is 0.174. The van der Waals surface area contributed by atoms with Gasteiger partial charge in [-0.15, -0.1) is 0 Å². The molecule has 3 rings (SSSR count). The zero-order chi connectivity index (χ0) is 22.6. The lowest BCUT2D eigenvalue weighted by atomic mass is 10.2. The number of hydrogen-bond donors (Lipinski definition) is 0. The molecule has 0 saturated heterocycles. The molecule has 0 amide bonds. The maximum atomic E-state index is 12.7. The smallest absolute Gasteiger partial charge is 0.339 e. The largest absolute Gasteiger partial charge is 0.490 e. The lowest BCUT2D eigenvalue weighted by Crippen LogP contribution is -2.11. The van der Waals surface area contributed by atoms with E-state index in [9.17, 15) is 8.42 Å². The predicted octanol–water partition coefficient (Wildman–Crippen LogP) is 6.53. The first-order valence-corrected chi connectivity index (χ1v) is 11.6. The van der Waals surface area contributed by atoms with Crippen LogP contribution in [0, 0.1) is 13.8 Å². The Balaban J connectivity index is 1.96. The minimum absolute atomic E-state index is 0.0266. The Morgan fingerprint density at radius 3 is 2.39 bits per heavy atom. The first-order valence-electron chi connectivity index (χ1n) is 9.48. The Hall–Kier alpha value is -2.54. The number of rotatable bonds is 7. The number of hydrogen-bond acceptors (Lipinski definition) is 5. The third-order valence-electron chi connectivity index (χ3n) is 4.43. The molecule has 5 nitrogen and oxygen atoms in total. The summed E-state index contributed by atoms with van der Waals surface area (Å²) in [6.45, 7) is 5.82. The van der Waals surface area contributed by atoms with E-state index in [1.54, 1.807) is 43.5 Å². The SMILES string of the molecule is CCOc1cc(C=Nc2cccc(Cl)c2C)cc(Cl)c1OS(=O)(=O)c1ccc(C)cc1. The summed E-state index contributed by atoms with van der Waals surface area (Å²) >= 11 is 12.5. The lowest BCUT2D eigenvalue weighted by Gasteiger charge is -2.14. The second kappa shape index (κ2) is 9.73. The van der Waals surface area contributed by atoms with Crippen LogP contribution in [0.15, 0.2) is 64.5 Å². The van der Waals surface area contributed by atoms with E-state index in [0.29, 0.717) is 22.9 Å². The molecule has 8 heteroatoms. The Morgan fingerprint density at radius 1 is 1.00 bits per heavy atom. The molecule has 0 aromatic heterocycles. The predicted molar refractivity (Wildman–Crippen MR) is 125 cm³/mol. The summed E-state index contributed by atoms with van der Waals surface area (Å²) in [5.74, 6) is 0.134. The van der Waals surface area contributed by atoms with Gasteiger partial charge >= 0.3 is 10.1 Å². The van der Waals surface area contributed by atoms with Crippen molar-refractivity contribution in [3.8, 4) is 11.5 Å². The number of aliphatic imine (C=N–C) groups is 1. The van der Waals surface area contributed by atoms with Crippen LogP contribution in [0.4, 0.5) is 5.69 Å². The van der Waals surface area contributed by atoms with Crippen LogP contribution in [0.25, 0.3) is 0 Å². The number of halogens is 2. The highest BCUT2D eigenvalue weighted by Gasteiger charge is 2.22. The van der Waals surface area contributed by atoms with Crippen molar-refractivity contribution in [2.24, 2.45) is 4.99 Å². The fourth-order valence-corrected chi connectivity index (χ4v) is 4.18. The molecule has 0 aliphatic rings. The van der Waals surface area contributed by atoms with E-state index < -0.39 is 10.1 Å². The molecule has 0 spiro atoms. The molecule has 0 unspecified atom stereocenters. The van der Waals surface area contributed by atoms with Crippen LogP contribution >= 0.6 is 23.2 Å². The molecule has 3 aromatic rings. The van der Waals surface area contributed by atoms with E-state index in [0.717, 1.165) is 11.1 Å². The van der Waals surface area contributed by atoms with Gasteiger partial charge in [0, 0.05) is 11.2 Å². The highest BCUT2D eigenvalue weighted by molar-refractivity contribution is 7.87. The molecular weight excluding hydrogens is 457 g/mol. The minimum Gasteiger partial charge on any atom is -0.490 e. The first-order chi connectivity index (χ1) is 14.7. The van der Waals surface area contributed by atoms with Crippen molar-refractivity contribution in [2.45, 2.75) is 25.7 Å². The summed E-state index contributed by atoms with van der Waals surface area (Å²) < 4.78 is 36.4. The van der Waals surface area contributed by atoms with Crippen molar-refractivity contribution in [3.05, 3.63) is 81.3 Å². The highest BCUT2D eigenvalue weighted by Crippen LogP contribution is 2.38. The molecule has 0 fully saturated rings. The number of nitrogens with zero attached hydrogens (tertiary/aromatic N) is 1. The van der Waals surface area contributed by atoms with Gasteiger partial charge in [0.25, 0.3) is 0 Å². The zero-order valence-electron chi connectivity index (χ0n) is 17.2. The summed E-state index contributed by atoms with van der Waals surface area (Å²) in [5, 5.41) is 0.707. The second-order valence-electron chi connectivity index (χ2n) is 6.76. The maximum Gasteiger partial charge on any atom is 0.339 e. The van der Waals surface area contributed by atoms with Crippen molar-refractivity contribution in [2.75, 3.05) is 6.61 Å². The number of benzene rings is 3. The van der Waals surface area contributed by atoms with Crippen molar-refractivity contribution >= 4 is 45.2 Å². The maximum absolute atomic E-state index is 12.7. The molecule has 0 radical (unpaired) electrons. The van der Waals surface area contributed by atoms with Crippen LogP contribution in [0.5, 0.6) is 11.5 Å². The quantitative estimate of drug-likeness (QED) is 0.286. The highest BCUT2D eigenvalue weighted by atomic mass is 35.5. The molecule has 0 atom stereocenters. The summed E-state index contributed by atoms with van der Waals surface area (Å²) in [7, 11) is -4.08. The minimum atomic E-state index is -4.08. The average Bonchev–Trinajstić information content (AvgIpc) is 2.72. The Kier molecular flexibility index (Phi) is 7.26. The van der Waals surface area contributed by atoms with E-state index in [1.807, 2.05) is 26.0 Å². The molecule has 162 valence electrons. The number of ether oxygens (including phenoxy) is 1. The van der Waals surface area contributed by atoms with Gasteiger partial charge in [-0.05, 0) is 68.3 Å². The Bertz CT molecular complexity index is 1220. The standard InChI is InChI=1S/C23H21Cl2NO4S/c1-4-29-22-13-17(14-26-21-7-5-6-19(24)16(21)3)12-20(25)23(22)30-31(27,28)18-10-8-15(2)9-11-18/h5-14H,4H2,1-3H3. The van der Waals surface area contributed by atoms with Gasteiger partial charge in [0.1, 0.15) is 4.90 Å².